The fourth-order valence-electron chi connectivity index (χ4n) is 3.57. The van der Waals surface area contributed by atoms with Crippen LogP contribution < -0.4 is 4.90 Å². The molecule has 4 heteroatoms. The molecule has 1 fully saturated rings. The van der Waals surface area contributed by atoms with E-state index in [0.29, 0.717) is 0 Å². The molecule has 2 aliphatic rings. The molecule has 1 aliphatic carbocycles. The Morgan fingerprint density at radius 1 is 1.28 bits per heavy atom. The summed E-state index contributed by atoms with van der Waals surface area (Å²) in [5, 5.41) is 4.47. The van der Waals surface area contributed by atoms with Crippen molar-refractivity contribution in [2.45, 2.75) is 45.1 Å². The van der Waals surface area contributed by atoms with Crippen molar-refractivity contribution in [1.82, 2.24) is 14.6 Å². The Bertz CT molecular complexity index is 595. The van der Waals surface area contributed by atoms with Gasteiger partial charge in [0.15, 0.2) is 5.65 Å². The Kier molecular flexibility index (Phi) is 2.13. The summed E-state index contributed by atoms with van der Waals surface area (Å²) in [6.07, 6.45) is 8.41. The van der Waals surface area contributed by atoms with Gasteiger partial charge in [-0.15, -0.1) is 0 Å². The molecule has 0 bridgehead atoms. The predicted octanol–water partition coefficient (Wildman–Crippen LogP) is 2.34. The van der Waals surface area contributed by atoms with E-state index in [2.05, 4.69) is 21.9 Å². The first kappa shape index (κ1) is 10.4. The zero-order valence-electron chi connectivity index (χ0n) is 10.8. The molecule has 2 aromatic rings. The second-order valence-electron chi connectivity index (χ2n) is 5.48. The quantitative estimate of drug-likeness (QED) is 0.769. The summed E-state index contributed by atoms with van der Waals surface area (Å²) in [5.74, 6) is 1.31. The van der Waals surface area contributed by atoms with Crippen LogP contribution >= 0.6 is 0 Å². The molecule has 0 aromatic carbocycles. The van der Waals surface area contributed by atoms with Gasteiger partial charge < -0.3 is 4.90 Å². The predicted molar refractivity (Wildman–Crippen MR) is 71.0 cm³/mol. The number of nitrogens with zero attached hydrogens (tertiary/aromatic N) is 4. The van der Waals surface area contributed by atoms with Crippen molar-refractivity contribution in [3.05, 3.63) is 23.5 Å². The summed E-state index contributed by atoms with van der Waals surface area (Å²) in [6, 6.07) is 2.72. The third-order valence-electron chi connectivity index (χ3n) is 4.45. The van der Waals surface area contributed by atoms with Crippen LogP contribution in [0.4, 0.5) is 5.82 Å². The van der Waals surface area contributed by atoms with E-state index in [4.69, 9.17) is 0 Å². The van der Waals surface area contributed by atoms with Crippen molar-refractivity contribution in [3.63, 3.8) is 0 Å². The van der Waals surface area contributed by atoms with Gasteiger partial charge in [-0.1, -0.05) is 12.8 Å². The molecule has 3 heterocycles. The topological polar surface area (TPSA) is 33.4 Å². The molecule has 18 heavy (non-hydrogen) atoms. The fraction of sp³-hybridized carbons (Fsp3) is 0.571. The minimum absolute atomic E-state index is 0.723. The van der Waals surface area contributed by atoms with Crippen LogP contribution in [0.2, 0.25) is 0 Å². The van der Waals surface area contributed by atoms with Gasteiger partial charge in [0.2, 0.25) is 0 Å². The van der Waals surface area contributed by atoms with E-state index < -0.39 is 0 Å². The lowest BCUT2D eigenvalue weighted by Gasteiger charge is -2.26. The van der Waals surface area contributed by atoms with Crippen LogP contribution in [0.25, 0.3) is 5.65 Å². The third kappa shape index (κ3) is 1.32. The third-order valence-corrected chi connectivity index (χ3v) is 4.45. The molecule has 94 valence electrons. The largest absolute Gasteiger partial charge is 0.353 e. The molecular weight excluding hydrogens is 224 g/mol. The molecule has 4 rings (SSSR count). The van der Waals surface area contributed by atoms with Gasteiger partial charge in [-0.2, -0.15) is 9.61 Å². The van der Waals surface area contributed by atoms with Gasteiger partial charge in [0, 0.05) is 29.9 Å². The Morgan fingerprint density at radius 2 is 2.11 bits per heavy atom. The lowest BCUT2D eigenvalue weighted by atomic mass is 10.2. The normalized spacial score (nSPS) is 19.9. The summed E-state index contributed by atoms with van der Waals surface area (Å²) < 4.78 is 2.04. The molecular formula is C14H18N4. The second-order valence-corrected chi connectivity index (χ2v) is 5.48. The zero-order chi connectivity index (χ0) is 12.1. The first-order valence-corrected chi connectivity index (χ1v) is 6.94. The number of anilines is 1. The Hall–Kier alpha value is -1.58. The molecule has 0 radical (unpaired) electrons. The van der Waals surface area contributed by atoms with Crippen LogP contribution in [0.15, 0.2) is 12.3 Å². The van der Waals surface area contributed by atoms with Crippen molar-refractivity contribution in [2.75, 3.05) is 11.4 Å². The summed E-state index contributed by atoms with van der Waals surface area (Å²) in [7, 11) is 0. The van der Waals surface area contributed by atoms with Crippen LogP contribution in [0.1, 0.15) is 36.9 Å². The minimum Gasteiger partial charge on any atom is -0.353 e. The van der Waals surface area contributed by atoms with Gasteiger partial charge in [0.25, 0.3) is 0 Å². The number of rotatable bonds is 1. The average molecular weight is 242 g/mol. The van der Waals surface area contributed by atoms with E-state index in [-0.39, 0.29) is 0 Å². The maximum absolute atomic E-state index is 4.64. The van der Waals surface area contributed by atoms with Crippen LogP contribution in [0.5, 0.6) is 0 Å². The molecule has 0 amide bonds. The van der Waals surface area contributed by atoms with E-state index in [1.165, 1.54) is 42.8 Å². The summed E-state index contributed by atoms with van der Waals surface area (Å²) in [4.78, 5) is 7.22. The van der Waals surface area contributed by atoms with Gasteiger partial charge in [-0.25, -0.2) is 4.98 Å². The first-order valence-electron chi connectivity index (χ1n) is 6.94. The molecule has 1 aliphatic heterocycles. The molecule has 0 unspecified atom stereocenters. The fourth-order valence-corrected chi connectivity index (χ4v) is 3.57. The van der Waals surface area contributed by atoms with Crippen molar-refractivity contribution >= 4 is 11.5 Å². The van der Waals surface area contributed by atoms with E-state index >= 15 is 0 Å². The summed E-state index contributed by atoms with van der Waals surface area (Å²) in [6.45, 7) is 3.27. The zero-order valence-corrected chi connectivity index (χ0v) is 10.8. The molecule has 0 spiro atoms. The summed E-state index contributed by atoms with van der Waals surface area (Å²) in [5.41, 5.74) is 3.56. The molecule has 0 N–H and O–H groups in total. The van der Waals surface area contributed by atoms with E-state index in [1.807, 2.05) is 16.8 Å². The van der Waals surface area contributed by atoms with Crippen molar-refractivity contribution in [2.24, 2.45) is 0 Å². The maximum atomic E-state index is 4.64. The van der Waals surface area contributed by atoms with Crippen LogP contribution in [0, 0.1) is 6.92 Å². The van der Waals surface area contributed by atoms with Crippen LogP contribution in [-0.4, -0.2) is 27.2 Å². The highest BCUT2D eigenvalue weighted by molar-refractivity contribution is 5.60. The van der Waals surface area contributed by atoms with Crippen LogP contribution in [0.3, 0.4) is 0 Å². The lowest BCUT2D eigenvalue weighted by molar-refractivity contribution is 0.614. The van der Waals surface area contributed by atoms with Crippen molar-refractivity contribution in [3.8, 4) is 0 Å². The first-order chi connectivity index (χ1) is 8.84. The van der Waals surface area contributed by atoms with Gasteiger partial charge in [0.1, 0.15) is 5.82 Å². The molecule has 2 aromatic heterocycles. The highest BCUT2D eigenvalue weighted by atomic mass is 15.4. The minimum atomic E-state index is 0.723. The molecule has 0 atom stereocenters. The van der Waals surface area contributed by atoms with Crippen molar-refractivity contribution < 1.29 is 0 Å². The van der Waals surface area contributed by atoms with Gasteiger partial charge in [0.05, 0.1) is 6.20 Å². The summed E-state index contributed by atoms with van der Waals surface area (Å²) >= 11 is 0. The van der Waals surface area contributed by atoms with Crippen molar-refractivity contribution in [1.29, 1.82) is 0 Å². The van der Waals surface area contributed by atoms with E-state index in [1.54, 1.807) is 0 Å². The second kappa shape index (κ2) is 3.70. The molecule has 1 saturated carbocycles. The monoisotopic (exact) mass is 242 g/mol. The Balaban J connectivity index is 1.90. The highest BCUT2D eigenvalue weighted by Crippen LogP contribution is 2.36. The van der Waals surface area contributed by atoms with Crippen LogP contribution in [-0.2, 0) is 6.42 Å². The maximum Gasteiger partial charge on any atom is 0.157 e. The number of hydrogen-bond acceptors (Lipinski definition) is 3. The van der Waals surface area contributed by atoms with E-state index in [0.717, 1.165) is 24.7 Å². The SMILES string of the molecule is Cc1nc2ccnn2c2c1CCN2C1CCCC1. The number of fused-ring (bicyclic) bond motifs is 3. The number of hydrogen-bond donors (Lipinski definition) is 0. The lowest BCUT2D eigenvalue weighted by Crippen LogP contribution is -2.32. The molecule has 4 nitrogen and oxygen atoms in total. The highest BCUT2D eigenvalue weighted by Gasteiger charge is 2.31. The van der Waals surface area contributed by atoms with Gasteiger partial charge in [-0.05, 0) is 26.2 Å². The average Bonchev–Trinajstić information content (AvgIpc) is 3.08. The number of aryl methyl sites for hydroxylation is 1. The van der Waals surface area contributed by atoms with E-state index in [9.17, 15) is 0 Å². The molecule has 0 saturated heterocycles. The van der Waals surface area contributed by atoms with Gasteiger partial charge >= 0.3 is 0 Å². The number of aromatic nitrogens is 3. The Morgan fingerprint density at radius 3 is 2.94 bits per heavy atom. The Labute approximate surface area is 107 Å². The standard InChI is InChI=1S/C14H18N4/c1-10-12-7-9-17(11-4-2-3-5-11)14(12)18-13(16-10)6-8-15-18/h6,8,11H,2-5,7,9H2,1H3. The van der Waals surface area contributed by atoms with Gasteiger partial charge in [-0.3, -0.25) is 0 Å². The smallest absolute Gasteiger partial charge is 0.157 e.